The summed E-state index contributed by atoms with van der Waals surface area (Å²) < 4.78 is 16.6. The van der Waals surface area contributed by atoms with E-state index in [9.17, 15) is 9.59 Å². The van der Waals surface area contributed by atoms with E-state index in [4.69, 9.17) is 9.47 Å². The number of hydrogen-bond acceptors (Lipinski definition) is 9. The predicted octanol–water partition coefficient (Wildman–Crippen LogP) is 2.20. The van der Waals surface area contributed by atoms with Gasteiger partial charge in [0.25, 0.3) is 0 Å². The highest BCUT2D eigenvalue weighted by molar-refractivity contribution is 7.99. The van der Waals surface area contributed by atoms with Gasteiger partial charge in [-0.25, -0.2) is 4.79 Å². The SMILES string of the molecule is COC(=O)c1ccc(-n2nnnc2SCC(=O)Nc2ccc(OC)cc2OC)cc1. The molecule has 0 radical (unpaired) electrons. The molecule has 0 aliphatic carbocycles. The number of carbonyl (C=O) groups is 2. The molecule has 1 amide bonds. The fraction of sp³-hybridized carbons (Fsp3) is 0.211. The summed E-state index contributed by atoms with van der Waals surface area (Å²) in [5, 5.41) is 14.8. The van der Waals surface area contributed by atoms with Crippen LogP contribution < -0.4 is 14.8 Å². The first kappa shape index (κ1) is 21.1. The highest BCUT2D eigenvalue weighted by Gasteiger charge is 2.14. The molecule has 3 rings (SSSR count). The van der Waals surface area contributed by atoms with Crippen LogP contribution in [0, 0.1) is 0 Å². The summed E-state index contributed by atoms with van der Waals surface area (Å²) in [6.07, 6.45) is 0. The van der Waals surface area contributed by atoms with Crippen LogP contribution >= 0.6 is 11.8 Å². The molecule has 0 spiro atoms. The molecular weight excluding hydrogens is 410 g/mol. The topological polar surface area (TPSA) is 117 Å². The molecule has 10 nitrogen and oxygen atoms in total. The van der Waals surface area contributed by atoms with Crippen LogP contribution in [0.4, 0.5) is 5.69 Å². The fourth-order valence-electron chi connectivity index (χ4n) is 2.51. The largest absolute Gasteiger partial charge is 0.497 e. The van der Waals surface area contributed by atoms with Gasteiger partial charge in [0, 0.05) is 6.07 Å². The Balaban J connectivity index is 1.65. The molecule has 0 unspecified atom stereocenters. The van der Waals surface area contributed by atoms with Crippen molar-refractivity contribution in [2.75, 3.05) is 32.4 Å². The van der Waals surface area contributed by atoms with Crippen molar-refractivity contribution in [3.63, 3.8) is 0 Å². The Kier molecular flexibility index (Phi) is 6.86. The summed E-state index contributed by atoms with van der Waals surface area (Å²) in [5.74, 6) is 0.507. The maximum absolute atomic E-state index is 12.4. The van der Waals surface area contributed by atoms with Gasteiger partial charge in [-0.15, -0.1) is 5.10 Å². The summed E-state index contributed by atoms with van der Waals surface area (Å²) >= 11 is 1.17. The van der Waals surface area contributed by atoms with Crippen molar-refractivity contribution >= 4 is 29.3 Å². The van der Waals surface area contributed by atoms with Crippen molar-refractivity contribution < 1.29 is 23.8 Å². The molecule has 0 atom stereocenters. The van der Waals surface area contributed by atoms with Crippen LogP contribution in [0.1, 0.15) is 10.4 Å². The summed E-state index contributed by atoms with van der Waals surface area (Å²) in [4.78, 5) is 23.9. The quantitative estimate of drug-likeness (QED) is 0.425. The molecule has 0 bridgehead atoms. The third kappa shape index (κ3) is 4.87. The molecule has 1 N–H and O–H groups in total. The van der Waals surface area contributed by atoms with Gasteiger partial charge in [0.15, 0.2) is 0 Å². The Hall–Kier alpha value is -3.60. The number of hydrogen-bond donors (Lipinski definition) is 1. The van der Waals surface area contributed by atoms with Gasteiger partial charge in [0.05, 0.1) is 44.0 Å². The van der Waals surface area contributed by atoms with Crippen LogP contribution in [-0.2, 0) is 9.53 Å². The maximum atomic E-state index is 12.4. The van der Waals surface area contributed by atoms with Gasteiger partial charge in [0.1, 0.15) is 11.5 Å². The van der Waals surface area contributed by atoms with Gasteiger partial charge < -0.3 is 19.5 Å². The van der Waals surface area contributed by atoms with Crippen LogP contribution in [0.25, 0.3) is 5.69 Å². The van der Waals surface area contributed by atoms with E-state index in [1.54, 1.807) is 49.6 Å². The second-order valence-electron chi connectivity index (χ2n) is 5.81. The summed E-state index contributed by atoms with van der Waals surface area (Å²) in [7, 11) is 4.38. The number of nitrogens with one attached hydrogen (secondary N) is 1. The number of anilines is 1. The minimum absolute atomic E-state index is 0.0792. The first-order valence-corrected chi connectivity index (χ1v) is 9.66. The predicted molar refractivity (Wildman–Crippen MR) is 109 cm³/mol. The van der Waals surface area contributed by atoms with Crippen molar-refractivity contribution in [3.05, 3.63) is 48.0 Å². The minimum atomic E-state index is -0.432. The van der Waals surface area contributed by atoms with Crippen LogP contribution in [0.3, 0.4) is 0 Å². The first-order valence-electron chi connectivity index (χ1n) is 8.67. The van der Waals surface area contributed by atoms with Crippen LogP contribution in [0.2, 0.25) is 0 Å². The molecule has 0 fully saturated rings. The van der Waals surface area contributed by atoms with E-state index in [-0.39, 0.29) is 11.7 Å². The minimum Gasteiger partial charge on any atom is -0.497 e. The van der Waals surface area contributed by atoms with E-state index < -0.39 is 5.97 Å². The van der Waals surface area contributed by atoms with Crippen molar-refractivity contribution in [2.24, 2.45) is 0 Å². The van der Waals surface area contributed by atoms with E-state index in [1.165, 1.54) is 30.7 Å². The maximum Gasteiger partial charge on any atom is 0.337 e. The molecule has 0 saturated carbocycles. The summed E-state index contributed by atoms with van der Waals surface area (Å²) in [5.41, 5.74) is 1.59. The average molecular weight is 429 g/mol. The molecule has 1 aromatic heterocycles. The zero-order chi connectivity index (χ0) is 21.5. The molecule has 1 heterocycles. The molecular formula is C19H19N5O5S. The van der Waals surface area contributed by atoms with E-state index in [0.717, 1.165) is 0 Å². The van der Waals surface area contributed by atoms with Gasteiger partial charge in [-0.2, -0.15) is 4.68 Å². The Bertz CT molecular complexity index is 1040. The zero-order valence-corrected chi connectivity index (χ0v) is 17.3. The second kappa shape index (κ2) is 9.74. The third-order valence-electron chi connectivity index (χ3n) is 3.99. The van der Waals surface area contributed by atoms with Crippen LogP contribution in [-0.4, -0.2) is 59.2 Å². The van der Waals surface area contributed by atoms with Gasteiger partial charge in [-0.05, 0) is 46.8 Å². The van der Waals surface area contributed by atoms with Crippen molar-refractivity contribution in [1.82, 2.24) is 20.2 Å². The lowest BCUT2D eigenvalue weighted by Crippen LogP contribution is -2.15. The number of methoxy groups -OCH3 is 3. The van der Waals surface area contributed by atoms with E-state index in [2.05, 4.69) is 25.6 Å². The van der Waals surface area contributed by atoms with Gasteiger partial charge in [-0.1, -0.05) is 11.8 Å². The number of thioether (sulfide) groups is 1. The van der Waals surface area contributed by atoms with E-state index in [1.807, 2.05) is 0 Å². The highest BCUT2D eigenvalue weighted by atomic mass is 32.2. The lowest BCUT2D eigenvalue weighted by molar-refractivity contribution is -0.113. The lowest BCUT2D eigenvalue weighted by atomic mass is 10.2. The van der Waals surface area contributed by atoms with Gasteiger partial charge in [-0.3, -0.25) is 4.79 Å². The van der Waals surface area contributed by atoms with Gasteiger partial charge in [0.2, 0.25) is 11.1 Å². The monoisotopic (exact) mass is 429 g/mol. The zero-order valence-electron chi connectivity index (χ0n) is 16.5. The van der Waals surface area contributed by atoms with Crippen molar-refractivity contribution in [1.29, 1.82) is 0 Å². The molecule has 0 saturated heterocycles. The molecule has 2 aromatic carbocycles. The molecule has 0 aliphatic rings. The number of carbonyl (C=O) groups excluding carboxylic acids is 2. The summed E-state index contributed by atoms with van der Waals surface area (Å²) in [6.45, 7) is 0. The number of tetrazole rings is 1. The first-order chi connectivity index (χ1) is 14.5. The lowest BCUT2D eigenvalue weighted by Gasteiger charge is -2.11. The Morgan fingerprint density at radius 1 is 1.07 bits per heavy atom. The molecule has 0 aliphatic heterocycles. The smallest absolute Gasteiger partial charge is 0.337 e. The second-order valence-corrected chi connectivity index (χ2v) is 6.76. The Morgan fingerprint density at radius 2 is 1.83 bits per heavy atom. The standard InChI is InChI=1S/C19H19N5O5S/c1-27-14-8-9-15(16(10-14)28-2)20-17(25)11-30-19-21-22-23-24(19)13-6-4-12(5-7-13)18(26)29-3/h4-10H,11H2,1-3H3,(H,20,25). The van der Waals surface area contributed by atoms with Crippen LogP contribution in [0.15, 0.2) is 47.6 Å². The number of amides is 1. The number of esters is 1. The number of aromatic nitrogens is 4. The van der Waals surface area contributed by atoms with Crippen molar-refractivity contribution in [3.8, 4) is 17.2 Å². The highest BCUT2D eigenvalue weighted by Crippen LogP contribution is 2.29. The third-order valence-corrected chi connectivity index (χ3v) is 4.91. The summed E-state index contributed by atoms with van der Waals surface area (Å²) in [6, 6.07) is 11.7. The van der Waals surface area contributed by atoms with E-state index in [0.29, 0.717) is 33.6 Å². The van der Waals surface area contributed by atoms with E-state index >= 15 is 0 Å². The normalized spacial score (nSPS) is 10.4. The number of rotatable bonds is 8. The average Bonchev–Trinajstić information content (AvgIpc) is 3.26. The Morgan fingerprint density at radius 3 is 2.50 bits per heavy atom. The Labute approximate surface area is 176 Å². The molecule has 30 heavy (non-hydrogen) atoms. The molecule has 3 aromatic rings. The fourth-order valence-corrected chi connectivity index (χ4v) is 3.20. The number of nitrogens with zero attached hydrogens (tertiary/aromatic N) is 4. The van der Waals surface area contributed by atoms with Crippen LogP contribution in [0.5, 0.6) is 11.5 Å². The molecule has 11 heteroatoms. The number of ether oxygens (including phenoxy) is 3. The van der Waals surface area contributed by atoms with Crippen molar-refractivity contribution in [2.45, 2.75) is 5.16 Å². The molecule has 156 valence electrons. The number of benzene rings is 2. The van der Waals surface area contributed by atoms with Gasteiger partial charge >= 0.3 is 5.97 Å².